The summed E-state index contributed by atoms with van der Waals surface area (Å²) in [6.07, 6.45) is 0. The minimum atomic E-state index is -4.30. The third kappa shape index (κ3) is 3.10. The molecule has 2 rings (SSSR count). The van der Waals surface area contributed by atoms with Crippen molar-refractivity contribution in [2.45, 2.75) is 4.90 Å². The van der Waals surface area contributed by atoms with Gasteiger partial charge in [0.2, 0.25) is 0 Å². The summed E-state index contributed by atoms with van der Waals surface area (Å²) in [6, 6.07) is 9.04. The average Bonchev–Trinajstić information content (AvgIpc) is 2.31. The van der Waals surface area contributed by atoms with Crippen LogP contribution < -0.4 is 4.72 Å². The molecule has 3 nitrogen and oxygen atoms in total. The van der Waals surface area contributed by atoms with E-state index in [1.165, 1.54) is 12.1 Å². The van der Waals surface area contributed by atoms with Crippen molar-refractivity contribution in [2.75, 3.05) is 4.72 Å². The van der Waals surface area contributed by atoms with Crippen molar-refractivity contribution in [3.8, 4) is 0 Å². The number of sulfonamides is 1. The van der Waals surface area contributed by atoms with Crippen molar-refractivity contribution in [3.63, 3.8) is 0 Å². The Kier molecular flexibility index (Phi) is 3.86. The van der Waals surface area contributed by atoms with Crippen molar-refractivity contribution in [2.24, 2.45) is 0 Å². The molecule has 2 aromatic carbocycles. The van der Waals surface area contributed by atoms with Crippen molar-refractivity contribution >= 4 is 31.6 Å². The predicted octanol–water partition coefficient (Wildman–Crippen LogP) is 3.53. The summed E-state index contributed by atoms with van der Waals surface area (Å²) in [5, 5.41) is 0. The van der Waals surface area contributed by atoms with E-state index in [9.17, 15) is 17.2 Å². The molecule has 0 aliphatic heterocycles. The lowest BCUT2D eigenvalue weighted by atomic mass is 10.3. The van der Waals surface area contributed by atoms with Crippen LogP contribution in [0, 0.1) is 11.6 Å². The molecule has 0 saturated carbocycles. The first-order valence-corrected chi connectivity index (χ1v) is 7.40. The zero-order valence-corrected chi connectivity index (χ0v) is 11.8. The Labute approximate surface area is 117 Å². The Morgan fingerprint density at radius 1 is 0.947 bits per heavy atom. The zero-order valence-electron chi connectivity index (χ0n) is 9.40. The number of anilines is 1. The second-order valence-electron chi connectivity index (χ2n) is 3.66. The maximum Gasteiger partial charge on any atom is 0.267 e. The molecule has 0 heterocycles. The summed E-state index contributed by atoms with van der Waals surface area (Å²) < 4.78 is 53.6. The van der Waals surface area contributed by atoms with Crippen LogP contribution in [0.2, 0.25) is 0 Å². The fourth-order valence-electron chi connectivity index (χ4n) is 1.46. The zero-order chi connectivity index (χ0) is 14.0. The molecular weight excluding hydrogens is 340 g/mol. The number of nitrogens with one attached hydrogen (secondary N) is 1. The lowest BCUT2D eigenvalue weighted by molar-refractivity contribution is 0.521. The van der Waals surface area contributed by atoms with Crippen molar-refractivity contribution in [1.82, 2.24) is 0 Å². The van der Waals surface area contributed by atoms with Crippen LogP contribution in [0.25, 0.3) is 0 Å². The van der Waals surface area contributed by atoms with E-state index in [1.807, 2.05) is 0 Å². The van der Waals surface area contributed by atoms with E-state index in [0.717, 1.165) is 22.7 Å². The predicted molar refractivity (Wildman–Crippen MR) is 71.3 cm³/mol. The van der Waals surface area contributed by atoms with Gasteiger partial charge in [0.25, 0.3) is 10.0 Å². The van der Waals surface area contributed by atoms with E-state index in [4.69, 9.17) is 0 Å². The second kappa shape index (κ2) is 5.26. The highest BCUT2D eigenvalue weighted by Gasteiger charge is 2.23. The third-order valence-electron chi connectivity index (χ3n) is 2.28. The van der Waals surface area contributed by atoms with Gasteiger partial charge in [0.15, 0.2) is 4.90 Å². The Morgan fingerprint density at radius 3 is 2.00 bits per heavy atom. The lowest BCUT2D eigenvalue weighted by Gasteiger charge is -2.09. The molecule has 0 bridgehead atoms. The van der Waals surface area contributed by atoms with E-state index < -0.39 is 26.6 Å². The fourth-order valence-corrected chi connectivity index (χ4v) is 2.93. The van der Waals surface area contributed by atoms with Crippen LogP contribution in [0.5, 0.6) is 0 Å². The molecular formula is C12H8BrF2NO2S. The number of hydrogen-bond donors (Lipinski definition) is 1. The first kappa shape index (κ1) is 14.0. The summed E-state index contributed by atoms with van der Waals surface area (Å²) in [6.45, 7) is 0. The highest BCUT2D eigenvalue weighted by atomic mass is 79.9. The molecule has 0 amide bonds. The van der Waals surface area contributed by atoms with Crippen molar-refractivity contribution < 1.29 is 17.2 Å². The quantitative estimate of drug-likeness (QED) is 0.923. The third-order valence-corrected chi connectivity index (χ3v) is 4.24. The Hall–Kier alpha value is -1.47. The minimum absolute atomic E-state index is 0.214. The first-order valence-electron chi connectivity index (χ1n) is 5.12. The highest BCUT2D eigenvalue weighted by molar-refractivity contribution is 9.10. The summed E-state index contributed by atoms with van der Waals surface area (Å²) in [5.74, 6) is -2.27. The van der Waals surface area contributed by atoms with E-state index in [-0.39, 0.29) is 5.69 Å². The molecule has 0 aromatic heterocycles. The monoisotopic (exact) mass is 347 g/mol. The van der Waals surface area contributed by atoms with Gasteiger partial charge >= 0.3 is 0 Å². The van der Waals surface area contributed by atoms with Gasteiger partial charge in [0, 0.05) is 10.2 Å². The lowest BCUT2D eigenvalue weighted by Crippen LogP contribution is -2.16. The molecule has 100 valence electrons. The molecule has 2 aromatic rings. The van der Waals surface area contributed by atoms with Crippen molar-refractivity contribution in [3.05, 3.63) is 58.6 Å². The average molecular weight is 348 g/mol. The van der Waals surface area contributed by atoms with Gasteiger partial charge in [0.05, 0.1) is 0 Å². The maximum atomic E-state index is 13.4. The Bertz CT molecular complexity index is 682. The standard InChI is InChI=1S/C12H8BrF2NO2S/c13-8-4-6-9(7-5-8)16-19(17,18)12-10(14)2-1-3-11(12)15/h1-7,16H. The summed E-state index contributed by atoms with van der Waals surface area (Å²) in [4.78, 5) is -0.988. The van der Waals surface area contributed by atoms with Gasteiger partial charge in [-0.05, 0) is 36.4 Å². The second-order valence-corrected chi connectivity index (χ2v) is 6.20. The largest absolute Gasteiger partial charge is 0.279 e. The SMILES string of the molecule is O=S(=O)(Nc1ccc(Br)cc1)c1c(F)cccc1F. The topological polar surface area (TPSA) is 46.2 Å². The molecule has 0 atom stereocenters. The van der Waals surface area contributed by atoms with Crippen LogP contribution in [0.15, 0.2) is 51.8 Å². The molecule has 0 aliphatic rings. The van der Waals surface area contributed by atoms with Crippen LogP contribution in [0.3, 0.4) is 0 Å². The number of rotatable bonds is 3. The first-order chi connectivity index (χ1) is 8.90. The number of halogens is 3. The number of benzene rings is 2. The van der Waals surface area contributed by atoms with Gasteiger partial charge in [0.1, 0.15) is 11.6 Å². The Balaban J connectivity index is 2.41. The summed E-state index contributed by atoms with van der Waals surface area (Å²) in [5.41, 5.74) is 0.214. The molecule has 7 heteroatoms. The van der Waals surface area contributed by atoms with Gasteiger partial charge in [-0.25, -0.2) is 17.2 Å². The molecule has 19 heavy (non-hydrogen) atoms. The normalized spacial score (nSPS) is 11.3. The highest BCUT2D eigenvalue weighted by Crippen LogP contribution is 2.22. The minimum Gasteiger partial charge on any atom is -0.279 e. The van der Waals surface area contributed by atoms with Gasteiger partial charge < -0.3 is 0 Å². The van der Waals surface area contributed by atoms with Gasteiger partial charge in [-0.15, -0.1) is 0 Å². The van der Waals surface area contributed by atoms with Crippen LogP contribution in [-0.4, -0.2) is 8.42 Å². The van der Waals surface area contributed by atoms with E-state index in [2.05, 4.69) is 20.7 Å². The van der Waals surface area contributed by atoms with Gasteiger partial charge in [-0.2, -0.15) is 0 Å². The smallest absolute Gasteiger partial charge is 0.267 e. The van der Waals surface area contributed by atoms with Crippen molar-refractivity contribution in [1.29, 1.82) is 0 Å². The summed E-state index contributed by atoms with van der Waals surface area (Å²) in [7, 11) is -4.30. The van der Waals surface area contributed by atoms with Crippen LogP contribution in [0.4, 0.5) is 14.5 Å². The fraction of sp³-hybridized carbons (Fsp3) is 0. The maximum absolute atomic E-state index is 13.4. The van der Waals surface area contributed by atoms with E-state index in [0.29, 0.717) is 0 Å². The molecule has 0 fully saturated rings. The Morgan fingerprint density at radius 2 is 1.47 bits per heavy atom. The molecule has 0 radical (unpaired) electrons. The summed E-state index contributed by atoms with van der Waals surface area (Å²) >= 11 is 3.20. The van der Waals surface area contributed by atoms with Gasteiger partial charge in [-0.3, -0.25) is 4.72 Å². The van der Waals surface area contributed by atoms with Crippen LogP contribution in [0.1, 0.15) is 0 Å². The molecule has 0 spiro atoms. The molecule has 0 unspecified atom stereocenters. The van der Waals surface area contributed by atoms with E-state index >= 15 is 0 Å². The molecule has 0 saturated heterocycles. The number of hydrogen-bond acceptors (Lipinski definition) is 2. The van der Waals surface area contributed by atoms with E-state index in [1.54, 1.807) is 12.1 Å². The van der Waals surface area contributed by atoms with Crippen LogP contribution >= 0.6 is 15.9 Å². The molecule has 0 aliphatic carbocycles. The van der Waals surface area contributed by atoms with Gasteiger partial charge in [-0.1, -0.05) is 22.0 Å². The molecule has 1 N–H and O–H groups in total. The van der Waals surface area contributed by atoms with Crippen LogP contribution in [-0.2, 0) is 10.0 Å².